The van der Waals surface area contributed by atoms with Gasteiger partial charge in [-0.05, 0) is 37.7 Å². The van der Waals surface area contributed by atoms with E-state index in [0.29, 0.717) is 12.1 Å². The first-order valence-corrected chi connectivity index (χ1v) is 8.29. The van der Waals surface area contributed by atoms with Crippen molar-refractivity contribution in [2.75, 3.05) is 13.6 Å². The van der Waals surface area contributed by atoms with Gasteiger partial charge in [0.25, 0.3) is 5.91 Å². The van der Waals surface area contributed by atoms with Crippen LogP contribution in [0, 0.1) is 0 Å². The van der Waals surface area contributed by atoms with Crippen molar-refractivity contribution < 1.29 is 13.2 Å². The molecule has 0 aliphatic carbocycles. The molecule has 8 heteroatoms. The van der Waals surface area contributed by atoms with Gasteiger partial charge in [-0.1, -0.05) is 0 Å². The van der Waals surface area contributed by atoms with Gasteiger partial charge >= 0.3 is 0 Å². The van der Waals surface area contributed by atoms with E-state index in [9.17, 15) is 13.2 Å². The zero-order valence-corrected chi connectivity index (χ0v) is 13.0. The molecular formula is C14H18N4O3S. The van der Waals surface area contributed by atoms with Gasteiger partial charge < -0.3 is 9.88 Å². The van der Waals surface area contributed by atoms with Gasteiger partial charge in [-0.25, -0.2) is 18.1 Å². The van der Waals surface area contributed by atoms with E-state index in [1.807, 2.05) is 10.8 Å². The first-order chi connectivity index (χ1) is 10.5. The summed E-state index contributed by atoms with van der Waals surface area (Å²) < 4.78 is 27.3. The van der Waals surface area contributed by atoms with Gasteiger partial charge in [0.05, 0.1) is 11.2 Å². The van der Waals surface area contributed by atoms with Crippen molar-refractivity contribution in [2.24, 2.45) is 0 Å². The van der Waals surface area contributed by atoms with Crippen LogP contribution in [-0.2, 0) is 16.6 Å². The van der Waals surface area contributed by atoms with Gasteiger partial charge in [-0.15, -0.1) is 0 Å². The van der Waals surface area contributed by atoms with E-state index in [-0.39, 0.29) is 10.8 Å². The van der Waals surface area contributed by atoms with Gasteiger partial charge in [0.1, 0.15) is 0 Å². The summed E-state index contributed by atoms with van der Waals surface area (Å²) >= 11 is 0. The third-order valence-electron chi connectivity index (χ3n) is 3.13. The molecular weight excluding hydrogens is 304 g/mol. The maximum absolute atomic E-state index is 11.9. The lowest BCUT2D eigenvalue weighted by atomic mass is 10.2. The summed E-state index contributed by atoms with van der Waals surface area (Å²) in [5.74, 6) is -0.223. The van der Waals surface area contributed by atoms with E-state index >= 15 is 0 Å². The fourth-order valence-electron chi connectivity index (χ4n) is 1.89. The van der Waals surface area contributed by atoms with E-state index < -0.39 is 10.0 Å². The number of amides is 1. The number of carbonyl (C=O) groups excluding carboxylic acids is 1. The first-order valence-electron chi connectivity index (χ1n) is 6.80. The molecule has 0 fully saturated rings. The number of carbonyl (C=O) groups is 1. The van der Waals surface area contributed by atoms with Crippen molar-refractivity contribution in [3.05, 3.63) is 48.5 Å². The van der Waals surface area contributed by atoms with Crippen LogP contribution in [-0.4, -0.2) is 37.5 Å². The summed E-state index contributed by atoms with van der Waals surface area (Å²) in [6.07, 6.45) is 6.08. The van der Waals surface area contributed by atoms with Crippen molar-refractivity contribution in [3.8, 4) is 0 Å². The van der Waals surface area contributed by atoms with Crippen LogP contribution < -0.4 is 10.0 Å². The highest BCUT2D eigenvalue weighted by atomic mass is 32.2. The monoisotopic (exact) mass is 322 g/mol. The number of hydrogen-bond acceptors (Lipinski definition) is 4. The molecule has 0 spiro atoms. The Bertz CT molecular complexity index is 709. The maximum atomic E-state index is 11.9. The lowest BCUT2D eigenvalue weighted by molar-refractivity contribution is 0.0952. The summed E-state index contributed by atoms with van der Waals surface area (Å²) in [6, 6.07) is 5.81. The Morgan fingerprint density at radius 3 is 2.59 bits per heavy atom. The van der Waals surface area contributed by atoms with Crippen LogP contribution >= 0.6 is 0 Å². The Kier molecular flexibility index (Phi) is 5.29. The molecule has 0 unspecified atom stereocenters. The van der Waals surface area contributed by atoms with E-state index in [2.05, 4.69) is 15.0 Å². The molecule has 0 saturated heterocycles. The maximum Gasteiger partial charge on any atom is 0.251 e. The zero-order valence-electron chi connectivity index (χ0n) is 12.2. The average molecular weight is 322 g/mol. The molecule has 2 rings (SSSR count). The number of hydrogen-bond donors (Lipinski definition) is 2. The highest BCUT2D eigenvalue weighted by Crippen LogP contribution is 2.10. The minimum atomic E-state index is -3.48. The van der Waals surface area contributed by atoms with Crippen molar-refractivity contribution in [1.82, 2.24) is 19.6 Å². The number of benzene rings is 1. The Hall–Kier alpha value is -2.19. The fraction of sp³-hybridized carbons (Fsp3) is 0.286. The lowest BCUT2D eigenvalue weighted by Gasteiger charge is -2.07. The molecule has 0 saturated carbocycles. The normalized spacial score (nSPS) is 11.3. The lowest BCUT2D eigenvalue weighted by Crippen LogP contribution is -2.25. The molecule has 0 aliphatic heterocycles. The summed E-state index contributed by atoms with van der Waals surface area (Å²) in [6.45, 7) is 1.31. The summed E-state index contributed by atoms with van der Waals surface area (Å²) in [7, 11) is -2.13. The quantitative estimate of drug-likeness (QED) is 0.731. The van der Waals surface area contributed by atoms with Gasteiger partial charge in [-0.3, -0.25) is 4.79 Å². The van der Waals surface area contributed by atoms with Gasteiger partial charge in [0.2, 0.25) is 10.0 Å². The Morgan fingerprint density at radius 1 is 1.27 bits per heavy atom. The SMILES string of the molecule is CNS(=O)(=O)c1ccc(C(=O)NCCCn2ccnc2)cc1. The van der Waals surface area contributed by atoms with Crippen molar-refractivity contribution in [1.29, 1.82) is 0 Å². The van der Waals surface area contributed by atoms with Crippen molar-refractivity contribution in [2.45, 2.75) is 17.9 Å². The minimum absolute atomic E-state index is 0.131. The third-order valence-corrected chi connectivity index (χ3v) is 4.56. The minimum Gasteiger partial charge on any atom is -0.352 e. The second-order valence-electron chi connectivity index (χ2n) is 4.64. The molecule has 118 valence electrons. The van der Waals surface area contributed by atoms with E-state index in [1.54, 1.807) is 12.5 Å². The van der Waals surface area contributed by atoms with E-state index in [0.717, 1.165) is 13.0 Å². The molecule has 0 radical (unpaired) electrons. The van der Waals surface area contributed by atoms with Gasteiger partial charge in [-0.2, -0.15) is 0 Å². The largest absolute Gasteiger partial charge is 0.352 e. The number of nitrogens with one attached hydrogen (secondary N) is 2. The molecule has 7 nitrogen and oxygen atoms in total. The smallest absolute Gasteiger partial charge is 0.251 e. The van der Waals surface area contributed by atoms with E-state index in [1.165, 1.54) is 31.3 Å². The highest BCUT2D eigenvalue weighted by Gasteiger charge is 2.12. The topological polar surface area (TPSA) is 93.1 Å². The predicted octanol–water partition coefficient (Wildman–Crippen LogP) is 0.611. The first kappa shape index (κ1) is 16.2. The van der Waals surface area contributed by atoms with E-state index in [4.69, 9.17) is 0 Å². The number of aromatic nitrogens is 2. The molecule has 0 aliphatic rings. The molecule has 2 aromatic rings. The Balaban J connectivity index is 1.85. The predicted molar refractivity (Wildman–Crippen MR) is 81.9 cm³/mol. The van der Waals surface area contributed by atoms with Crippen LogP contribution in [0.25, 0.3) is 0 Å². The van der Waals surface area contributed by atoms with Crippen molar-refractivity contribution in [3.63, 3.8) is 0 Å². The third kappa shape index (κ3) is 4.15. The molecule has 1 aromatic heterocycles. The Morgan fingerprint density at radius 2 is 2.00 bits per heavy atom. The van der Waals surface area contributed by atoms with Gasteiger partial charge in [0, 0.05) is 31.0 Å². The molecule has 2 N–H and O–H groups in total. The molecule has 22 heavy (non-hydrogen) atoms. The molecule has 1 amide bonds. The number of nitrogens with zero attached hydrogens (tertiary/aromatic N) is 2. The summed E-state index contributed by atoms with van der Waals surface area (Å²) in [4.78, 5) is 16.0. The highest BCUT2D eigenvalue weighted by molar-refractivity contribution is 7.89. The number of sulfonamides is 1. The number of rotatable bonds is 7. The standard InChI is InChI=1S/C14H18N4O3S/c1-15-22(20,21)13-5-3-12(4-6-13)14(19)17-7-2-9-18-10-8-16-11-18/h3-6,8,10-11,15H,2,7,9H2,1H3,(H,17,19). The summed E-state index contributed by atoms with van der Waals surface area (Å²) in [5, 5.41) is 2.80. The van der Waals surface area contributed by atoms with Crippen LogP contribution in [0.5, 0.6) is 0 Å². The fourth-order valence-corrected chi connectivity index (χ4v) is 2.62. The Labute approximate surface area is 129 Å². The van der Waals surface area contributed by atoms with Crippen LogP contribution in [0.15, 0.2) is 47.9 Å². The van der Waals surface area contributed by atoms with Crippen LogP contribution in [0.3, 0.4) is 0 Å². The van der Waals surface area contributed by atoms with Crippen LogP contribution in [0.4, 0.5) is 0 Å². The zero-order chi connectivity index (χ0) is 16.0. The molecule has 0 atom stereocenters. The average Bonchev–Trinajstić information content (AvgIpc) is 3.05. The van der Waals surface area contributed by atoms with Crippen molar-refractivity contribution >= 4 is 15.9 Å². The van der Waals surface area contributed by atoms with Gasteiger partial charge in [0.15, 0.2) is 0 Å². The number of imidazole rings is 1. The molecule has 1 heterocycles. The number of aryl methyl sites for hydroxylation is 1. The van der Waals surface area contributed by atoms with Crippen LogP contribution in [0.1, 0.15) is 16.8 Å². The second kappa shape index (κ2) is 7.19. The van der Waals surface area contributed by atoms with Crippen LogP contribution in [0.2, 0.25) is 0 Å². The summed E-state index contributed by atoms with van der Waals surface area (Å²) in [5.41, 5.74) is 0.428. The molecule has 1 aromatic carbocycles. The second-order valence-corrected chi connectivity index (χ2v) is 6.53. The molecule has 0 bridgehead atoms.